The Morgan fingerprint density at radius 3 is 2.53 bits per heavy atom. The molecule has 2 amide bonds. The number of H-pyrrole nitrogens is 1. The van der Waals surface area contributed by atoms with E-state index in [0.717, 1.165) is 32.1 Å². The smallest absolute Gasteiger partial charge is 0.328 e. The van der Waals surface area contributed by atoms with Gasteiger partial charge in [0.1, 0.15) is 5.60 Å². The molecule has 10 nitrogen and oxygen atoms in total. The van der Waals surface area contributed by atoms with E-state index in [2.05, 4.69) is 10.3 Å². The highest BCUT2D eigenvalue weighted by atomic mass is 16.3. The zero-order valence-corrected chi connectivity index (χ0v) is 18.8. The van der Waals surface area contributed by atoms with Gasteiger partial charge in [0, 0.05) is 44.2 Å². The van der Waals surface area contributed by atoms with Crippen molar-refractivity contribution in [2.45, 2.75) is 94.5 Å². The van der Waals surface area contributed by atoms with Crippen molar-refractivity contribution < 1.29 is 19.8 Å². The Morgan fingerprint density at radius 1 is 1.25 bits per heavy atom. The van der Waals surface area contributed by atoms with Gasteiger partial charge in [-0.15, -0.1) is 0 Å². The molecule has 178 valence electrons. The van der Waals surface area contributed by atoms with E-state index in [0.29, 0.717) is 6.42 Å². The Morgan fingerprint density at radius 2 is 1.94 bits per heavy atom. The van der Waals surface area contributed by atoms with Crippen LogP contribution in [0.5, 0.6) is 0 Å². The Balaban J connectivity index is 1.64. The molecule has 2 saturated carbocycles. The number of hydrogen-bond donors (Lipinski definition) is 4. The first-order chi connectivity index (χ1) is 15.0. The second-order valence-electron chi connectivity index (χ2n) is 9.49. The summed E-state index contributed by atoms with van der Waals surface area (Å²) in [6.45, 7) is 1.32. The standard InChI is InChI=1S/C22H34N4O6/c1-15(27)24-21(8-4-3-5-9-21)13-19(30)25(2)16-6-10-22(32,17(28)12-16)14-26-11-7-18(29)23-20(26)31/h7,11,16-17,28,32H,3-6,8-10,12-14H2,1-2H3,(H,24,27)(H,23,29,31)/t16-,17+,22+/m0/s1. The zero-order chi connectivity index (χ0) is 23.5. The minimum atomic E-state index is -1.54. The minimum Gasteiger partial charge on any atom is -0.390 e. The normalized spacial score (nSPS) is 27.5. The largest absolute Gasteiger partial charge is 0.390 e. The number of carbonyl (C=O) groups excluding carboxylic acids is 2. The Hall–Kier alpha value is -2.46. The van der Waals surface area contributed by atoms with E-state index in [1.807, 2.05) is 0 Å². The van der Waals surface area contributed by atoms with Gasteiger partial charge in [-0.1, -0.05) is 19.3 Å². The van der Waals surface area contributed by atoms with Gasteiger partial charge in [-0.05, 0) is 32.1 Å². The number of aliphatic hydroxyl groups excluding tert-OH is 1. The van der Waals surface area contributed by atoms with Gasteiger partial charge >= 0.3 is 5.69 Å². The lowest BCUT2D eigenvalue weighted by Crippen LogP contribution is -2.57. The maximum absolute atomic E-state index is 13.1. The highest BCUT2D eigenvalue weighted by Crippen LogP contribution is 2.35. The number of hydrogen-bond acceptors (Lipinski definition) is 6. The molecule has 2 fully saturated rings. The third-order valence-electron chi connectivity index (χ3n) is 7.05. The van der Waals surface area contributed by atoms with Gasteiger partial charge in [0.2, 0.25) is 11.8 Å². The quantitative estimate of drug-likeness (QED) is 0.475. The van der Waals surface area contributed by atoms with Crippen LogP contribution in [-0.2, 0) is 16.1 Å². The molecule has 0 radical (unpaired) electrons. The first-order valence-corrected chi connectivity index (χ1v) is 11.3. The summed E-state index contributed by atoms with van der Waals surface area (Å²) in [5.41, 5.74) is -3.24. The molecule has 1 aromatic heterocycles. The second-order valence-corrected chi connectivity index (χ2v) is 9.49. The maximum atomic E-state index is 13.1. The third-order valence-corrected chi connectivity index (χ3v) is 7.05. The lowest BCUT2D eigenvalue weighted by atomic mass is 9.77. The minimum absolute atomic E-state index is 0.0971. The van der Waals surface area contributed by atoms with Gasteiger partial charge in [0.15, 0.2) is 0 Å². The van der Waals surface area contributed by atoms with E-state index in [9.17, 15) is 29.4 Å². The molecule has 0 aliphatic heterocycles. The summed E-state index contributed by atoms with van der Waals surface area (Å²) in [7, 11) is 1.70. The van der Waals surface area contributed by atoms with E-state index in [1.54, 1.807) is 11.9 Å². The Bertz CT molecular complexity index is 950. The van der Waals surface area contributed by atoms with Crippen molar-refractivity contribution in [1.82, 2.24) is 19.8 Å². The van der Waals surface area contributed by atoms with Crippen LogP contribution in [0.25, 0.3) is 0 Å². The number of aliphatic hydroxyl groups is 2. The monoisotopic (exact) mass is 450 g/mol. The molecule has 2 aliphatic carbocycles. The van der Waals surface area contributed by atoms with Gasteiger partial charge in [-0.25, -0.2) is 4.79 Å². The van der Waals surface area contributed by atoms with Crippen molar-refractivity contribution in [2.75, 3.05) is 7.05 Å². The van der Waals surface area contributed by atoms with Gasteiger partial charge in [0.05, 0.1) is 12.6 Å². The predicted octanol–water partition coefficient (Wildman–Crippen LogP) is -0.131. The van der Waals surface area contributed by atoms with Crippen LogP contribution in [0.3, 0.4) is 0 Å². The molecule has 0 aromatic carbocycles. The fourth-order valence-corrected chi connectivity index (χ4v) is 5.14. The first kappa shape index (κ1) is 24.2. The highest BCUT2D eigenvalue weighted by molar-refractivity contribution is 5.80. The summed E-state index contributed by atoms with van der Waals surface area (Å²) >= 11 is 0. The molecule has 3 atom stereocenters. The molecule has 0 spiro atoms. The van der Waals surface area contributed by atoms with E-state index in [4.69, 9.17) is 0 Å². The van der Waals surface area contributed by atoms with Crippen molar-refractivity contribution in [1.29, 1.82) is 0 Å². The van der Waals surface area contributed by atoms with E-state index >= 15 is 0 Å². The fraction of sp³-hybridized carbons (Fsp3) is 0.727. The number of rotatable bonds is 6. The lowest BCUT2D eigenvalue weighted by Gasteiger charge is -2.44. The fourth-order valence-electron chi connectivity index (χ4n) is 5.14. The third kappa shape index (κ3) is 5.47. The van der Waals surface area contributed by atoms with Crippen molar-refractivity contribution in [3.63, 3.8) is 0 Å². The van der Waals surface area contributed by atoms with Crippen LogP contribution >= 0.6 is 0 Å². The van der Waals surface area contributed by atoms with Crippen LogP contribution in [0.4, 0.5) is 0 Å². The number of nitrogens with zero attached hydrogens (tertiary/aromatic N) is 2. The Kier molecular flexibility index (Phi) is 7.24. The van der Waals surface area contributed by atoms with Crippen LogP contribution in [0.1, 0.15) is 64.7 Å². The average molecular weight is 451 g/mol. The van der Waals surface area contributed by atoms with Crippen molar-refractivity contribution >= 4 is 11.8 Å². The summed E-state index contributed by atoms with van der Waals surface area (Å²) in [4.78, 5) is 51.8. The molecule has 4 N–H and O–H groups in total. The predicted molar refractivity (Wildman–Crippen MR) is 117 cm³/mol. The van der Waals surface area contributed by atoms with Gasteiger partial charge < -0.3 is 20.4 Å². The molecule has 32 heavy (non-hydrogen) atoms. The molecule has 2 aliphatic rings. The summed E-state index contributed by atoms with van der Waals surface area (Å²) in [6.07, 6.45) is 5.76. The molecule has 1 heterocycles. The summed E-state index contributed by atoms with van der Waals surface area (Å²) in [5.74, 6) is -0.238. The molecule has 3 rings (SSSR count). The van der Waals surface area contributed by atoms with Crippen molar-refractivity contribution in [3.05, 3.63) is 33.1 Å². The molecule has 0 bridgehead atoms. The number of nitrogens with one attached hydrogen (secondary N) is 2. The van der Waals surface area contributed by atoms with Gasteiger partial charge in [-0.3, -0.25) is 23.9 Å². The van der Waals surface area contributed by atoms with Crippen LogP contribution < -0.4 is 16.6 Å². The van der Waals surface area contributed by atoms with Gasteiger partial charge in [0.25, 0.3) is 5.56 Å². The van der Waals surface area contributed by atoms with Crippen LogP contribution in [0.2, 0.25) is 0 Å². The highest BCUT2D eigenvalue weighted by Gasteiger charge is 2.44. The molecule has 10 heteroatoms. The van der Waals surface area contributed by atoms with E-state index in [1.165, 1.54) is 23.8 Å². The van der Waals surface area contributed by atoms with Crippen LogP contribution in [-0.4, -0.2) is 66.8 Å². The van der Waals surface area contributed by atoms with Gasteiger partial charge in [-0.2, -0.15) is 0 Å². The average Bonchev–Trinajstić information content (AvgIpc) is 2.72. The van der Waals surface area contributed by atoms with E-state index < -0.39 is 28.5 Å². The summed E-state index contributed by atoms with van der Waals surface area (Å²) in [6, 6.07) is 0.925. The number of aromatic nitrogens is 2. The summed E-state index contributed by atoms with van der Waals surface area (Å²) in [5, 5.41) is 24.7. The molecular weight excluding hydrogens is 416 g/mol. The van der Waals surface area contributed by atoms with E-state index in [-0.39, 0.29) is 43.7 Å². The van der Waals surface area contributed by atoms with Crippen LogP contribution in [0, 0.1) is 0 Å². The van der Waals surface area contributed by atoms with Crippen molar-refractivity contribution in [2.24, 2.45) is 0 Å². The van der Waals surface area contributed by atoms with Crippen LogP contribution in [0.15, 0.2) is 21.9 Å². The van der Waals surface area contributed by atoms with Crippen molar-refractivity contribution in [3.8, 4) is 0 Å². The molecule has 0 saturated heterocycles. The molecule has 1 aromatic rings. The zero-order valence-electron chi connectivity index (χ0n) is 18.8. The number of aromatic amines is 1. The molecule has 0 unspecified atom stereocenters. The number of amides is 2. The second kappa shape index (κ2) is 9.58. The SMILES string of the molecule is CC(=O)NC1(CC(=O)N(C)[C@H]2CC[C@@](O)(Cn3ccc(=O)[nH]c3=O)[C@H](O)C2)CCCCC1. The first-order valence-electron chi connectivity index (χ1n) is 11.3. The Labute approximate surface area is 186 Å². The molecular formula is C22H34N4O6. The number of carbonyl (C=O) groups is 2. The lowest BCUT2D eigenvalue weighted by molar-refractivity contribution is -0.145. The topological polar surface area (TPSA) is 145 Å². The summed E-state index contributed by atoms with van der Waals surface area (Å²) < 4.78 is 1.17. The maximum Gasteiger partial charge on any atom is 0.328 e.